The van der Waals surface area contributed by atoms with Crippen molar-refractivity contribution in [2.75, 3.05) is 13.7 Å². The highest BCUT2D eigenvalue weighted by Crippen LogP contribution is 2.18. The van der Waals surface area contributed by atoms with Gasteiger partial charge in [-0.1, -0.05) is 12.0 Å². The van der Waals surface area contributed by atoms with E-state index in [4.69, 9.17) is 20.6 Å². The van der Waals surface area contributed by atoms with E-state index in [-0.39, 0.29) is 25.6 Å². The van der Waals surface area contributed by atoms with Gasteiger partial charge in [0.2, 0.25) is 0 Å². The van der Waals surface area contributed by atoms with E-state index in [2.05, 4.69) is 5.92 Å². The Kier molecular flexibility index (Phi) is 6.99. The third-order valence-corrected chi connectivity index (χ3v) is 3.20. The molecular weight excluding hydrogens is 308 g/mol. The van der Waals surface area contributed by atoms with E-state index in [0.29, 0.717) is 5.56 Å². The summed E-state index contributed by atoms with van der Waals surface area (Å²) in [5.41, 5.74) is 2.57. The van der Waals surface area contributed by atoms with E-state index in [1.54, 1.807) is 20.8 Å². The number of terminal acetylenes is 1. The second-order valence-corrected chi connectivity index (χ2v) is 6.40. The van der Waals surface area contributed by atoms with E-state index in [9.17, 15) is 9.59 Å². The average molecular weight is 332 g/mol. The van der Waals surface area contributed by atoms with Crippen LogP contribution in [-0.4, -0.2) is 31.3 Å². The Balaban J connectivity index is 2.78. The molecule has 0 unspecified atom stereocenters. The molecule has 0 bridgehead atoms. The van der Waals surface area contributed by atoms with Crippen molar-refractivity contribution in [1.29, 1.82) is 0 Å². The molecule has 0 aliphatic carbocycles. The van der Waals surface area contributed by atoms with E-state index >= 15 is 0 Å². The van der Waals surface area contributed by atoms with Gasteiger partial charge in [0.1, 0.15) is 12.2 Å². The van der Waals surface area contributed by atoms with Gasteiger partial charge in [0.05, 0.1) is 20.1 Å². The molecule has 0 N–H and O–H groups in total. The fraction of sp³-hybridized carbons (Fsp3) is 0.474. The van der Waals surface area contributed by atoms with Crippen molar-refractivity contribution in [3.8, 4) is 12.3 Å². The summed E-state index contributed by atoms with van der Waals surface area (Å²) in [5, 5.41) is 0. The minimum absolute atomic E-state index is 0.136. The molecule has 0 aliphatic rings. The fourth-order valence-corrected chi connectivity index (χ4v) is 2.11. The average Bonchev–Trinajstić information content (AvgIpc) is 2.48. The molecule has 0 fully saturated rings. The van der Waals surface area contributed by atoms with Crippen LogP contribution in [0.3, 0.4) is 0 Å². The molecular formula is C19H24O5. The lowest BCUT2D eigenvalue weighted by Gasteiger charge is -2.19. The number of ether oxygens (including phenoxy) is 3. The van der Waals surface area contributed by atoms with E-state index in [0.717, 1.165) is 16.7 Å². The topological polar surface area (TPSA) is 61.8 Å². The summed E-state index contributed by atoms with van der Waals surface area (Å²) in [5.74, 6) is 1.83. The van der Waals surface area contributed by atoms with Gasteiger partial charge in [-0.15, -0.1) is 6.42 Å². The zero-order valence-corrected chi connectivity index (χ0v) is 14.9. The second-order valence-electron chi connectivity index (χ2n) is 6.40. The molecule has 0 heterocycles. The van der Waals surface area contributed by atoms with Gasteiger partial charge in [-0.05, 0) is 50.5 Å². The maximum Gasteiger partial charge on any atom is 0.332 e. The van der Waals surface area contributed by atoms with E-state index in [1.165, 1.54) is 7.11 Å². The van der Waals surface area contributed by atoms with Crippen molar-refractivity contribution < 1.29 is 23.8 Å². The summed E-state index contributed by atoms with van der Waals surface area (Å²) in [4.78, 5) is 23.2. The van der Waals surface area contributed by atoms with Crippen LogP contribution in [0.25, 0.3) is 0 Å². The summed E-state index contributed by atoms with van der Waals surface area (Å²) in [6.07, 6.45) is 5.65. The molecule has 130 valence electrons. The standard InChI is InChI=1S/C19H24O5/c1-7-15-8-14(9-16(13(15)2)10-17(20)22-6)11-23-12-18(21)24-19(3,4)5/h1,8-9H,10-12H2,2-6H3. The Bertz CT molecular complexity index is 647. The number of methoxy groups -OCH3 is 1. The van der Waals surface area contributed by atoms with Gasteiger partial charge in [-0.2, -0.15) is 0 Å². The zero-order chi connectivity index (χ0) is 18.3. The Morgan fingerprint density at radius 3 is 2.42 bits per heavy atom. The number of carbonyl (C=O) groups excluding carboxylic acids is 2. The van der Waals surface area contributed by atoms with Crippen molar-refractivity contribution >= 4 is 11.9 Å². The summed E-state index contributed by atoms with van der Waals surface area (Å²) in [6.45, 7) is 7.29. The van der Waals surface area contributed by atoms with Crippen molar-refractivity contribution in [3.63, 3.8) is 0 Å². The fourth-order valence-electron chi connectivity index (χ4n) is 2.11. The van der Waals surface area contributed by atoms with Crippen LogP contribution in [0.2, 0.25) is 0 Å². The molecule has 0 saturated heterocycles. The Labute approximate surface area is 143 Å². The number of hydrogen-bond acceptors (Lipinski definition) is 5. The van der Waals surface area contributed by atoms with Gasteiger partial charge >= 0.3 is 11.9 Å². The van der Waals surface area contributed by atoms with Gasteiger partial charge in [0.15, 0.2) is 0 Å². The normalized spacial score (nSPS) is 10.8. The van der Waals surface area contributed by atoms with Gasteiger partial charge in [0, 0.05) is 5.56 Å². The summed E-state index contributed by atoms with van der Waals surface area (Å²) >= 11 is 0. The minimum Gasteiger partial charge on any atom is -0.469 e. The molecule has 0 amide bonds. The van der Waals surface area contributed by atoms with Crippen LogP contribution >= 0.6 is 0 Å². The highest BCUT2D eigenvalue weighted by molar-refractivity contribution is 5.73. The molecule has 0 radical (unpaired) electrons. The number of carbonyl (C=O) groups is 2. The first-order valence-electron chi connectivity index (χ1n) is 7.61. The molecule has 0 aliphatic heterocycles. The van der Waals surface area contributed by atoms with E-state index < -0.39 is 11.6 Å². The summed E-state index contributed by atoms with van der Waals surface area (Å²) in [6, 6.07) is 3.65. The lowest BCUT2D eigenvalue weighted by atomic mass is 9.97. The zero-order valence-electron chi connectivity index (χ0n) is 14.9. The van der Waals surface area contributed by atoms with Crippen molar-refractivity contribution in [3.05, 3.63) is 34.4 Å². The van der Waals surface area contributed by atoms with Gasteiger partial charge in [-0.3, -0.25) is 4.79 Å². The van der Waals surface area contributed by atoms with Gasteiger partial charge < -0.3 is 14.2 Å². The molecule has 1 aromatic rings. The Morgan fingerprint density at radius 2 is 1.88 bits per heavy atom. The predicted octanol–water partition coefficient (Wildman–Crippen LogP) is 2.55. The SMILES string of the molecule is C#Cc1cc(COCC(=O)OC(C)(C)C)cc(CC(=O)OC)c1C. The molecule has 0 atom stereocenters. The first kappa shape index (κ1) is 19.7. The number of rotatable bonds is 6. The Morgan fingerprint density at radius 1 is 1.21 bits per heavy atom. The minimum atomic E-state index is -0.547. The predicted molar refractivity (Wildman–Crippen MR) is 90.3 cm³/mol. The van der Waals surface area contributed by atoms with Crippen LogP contribution in [0.5, 0.6) is 0 Å². The lowest BCUT2D eigenvalue weighted by Crippen LogP contribution is -2.26. The highest BCUT2D eigenvalue weighted by Gasteiger charge is 2.16. The summed E-state index contributed by atoms with van der Waals surface area (Å²) < 4.78 is 15.3. The molecule has 0 saturated carbocycles. The first-order chi connectivity index (χ1) is 11.2. The second kappa shape index (κ2) is 8.51. The van der Waals surface area contributed by atoms with Crippen molar-refractivity contribution in [2.24, 2.45) is 0 Å². The van der Waals surface area contributed by atoms with Gasteiger partial charge in [-0.25, -0.2) is 4.79 Å². The van der Waals surface area contributed by atoms with Crippen LogP contribution in [0.15, 0.2) is 12.1 Å². The van der Waals surface area contributed by atoms with Crippen LogP contribution in [0.1, 0.15) is 43.0 Å². The monoisotopic (exact) mass is 332 g/mol. The van der Waals surface area contributed by atoms with Crippen LogP contribution in [0, 0.1) is 19.3 Å². The van der Waals surface area contributed by atoms with Crippen LogP contribution < -0.4 is 0 Å². The maximum atomic E-state index is 11.6. The maximum absolute atomic E-state index is 11.6. The first-order valence-corrected chi connectivity index (χ1v) is 7.61. The molecule has 0 aromatic heterocycles. The quantitative estimate of drug-likeness (QED) is 0.592. The third kappa shape index (κ3) is 6.43. The number of hydrogen-bond donors (Lipinski definition) is 0. The largest absolute Gasteiger partial charge is 0.469 e. The molecule has 1 aromatic carbocycles. The molecule has 24 heavy (non-hydrogen) atoms. The molecule has 5 heteroatoms. The third-order valence-electron chi connectivity index (χ3n) is 3.20. The highest BCUT2D eigenvalue weighted by atomic mass is 16.6. The van der Waals surface area contributed by atoms with Crippen molar-refractivity contribution in [1.82, 2.24) is 0 Å². The molecule has 1 rings (SSSR count). The lowest BCUT2D eigenvalue weighted by molar-refractivity contribution is -0.160. The van der Waals surface area contributed by atoms with Crippen molar-refractivity contribution in [2.45, 2.75) is 46.3 Å². The van der Waals surface area contributed by atoms with Crippen LogP contribution in [-0.2, 0) is 36.8 Å². The Hall–Kier alpha value is -2.32. The molecule has 0 spiro atoms. The number of esters is 2. The number of benzene rings is 1. The van der Waals surface area contributed by atoms with Crippen LogP contribution in [0.4, 0.5) is 0 Å². The summed E-state index contributed by atoms with van der Waals surface area (Å²) in [7, 11) is 1.34. The molecule has 5 nitrogen and oxygen atoms in total. The smallest absolute Gasteiger partial charge is 0.332 e. The van der Waals surface area contributed by atoms with Gasteiger partial charge in [0.25, 0.3) is 0 Å². The van der Waals surface area contributed by atoms with E-state index in [1.807, 2.05) is 19.1 Å².